The lowest BCUT2D eigenvalue weighted by atomic mass is 9.95. The van der Waals surface area contributed by atoms with Crippen LogP contribution in [-0.2, 0) is 9.47 Å². The van der Waals surface area contributed by atoms with Gasteiger partial charge >= 0.3 is 12.1 Å². The Kier molecular flexibility index (Phi) is 6.90. The van der Waals surface area contributed by atoms with Crippen LogP contribution in [-0.4, -0.2) is 43.3 Å². The number of nitrogen functional groups attached to an aromatic ring is 1. The Hall–Kier alpha value is -1.76. The number of piperidine rings is 1. The highest BCUT2D eigenvalue weighted by atomic mass is 32.1. The minimum Gasteiger partial charge on any atom is -0.462 e. The molecule has 2 heterocycles. The summed E-state index contributed by atoms with van der Waals surface area (Å²) in [5.41, 5.74) is 6.41. The predicted molar refractivity (Wildman–Crippen MR) is 94.5 cm³/mol. The molecular weight excluding hydrogens is 328 g/mol. The highest BCUT2D eigenvalue weighted by Crippen LogP contribution is 2.36. The van der Waals surface area contributed by atoms with E-state index in [1.54, 1.807) is 11.8 Å². The van der Waals surface area contributed by atoms with Gasteiger partial charge in [0, 0.05) is 18.0 Å². The van der Waals surface area contributed by atoms with E-state index in [0.717, 1.165) is 30.6 Å². The van der Waals surface area contributed by atoms with Gasteiger partial charge in [0.2, 0.25) is 0 Å². The molecule has 2 rings (SSSR count). The van der Waals surface area contributed by atoms with E-state index in [9.17, 15) is 9.59 Å². The van der Waals surface area contributed by atoms with Gasteiger partial charge in [-0.25, -0.2) is 9.59 Å². The second kappa shape index (κ2) is 8.92. The smallest absolute Gasteiger partial charge is 0.409 e. The van der Waals surface area contributed by atoms with E-state index in [-0.39, 0.29) is 12.1 Å². The third-order valence-corrected chi connectivity index (χ3v) is 5.28. The summed E-state index contributed by atoms with van der Waals surface area (Å²) >= 11 is 1.44. The van der Waals surface area contributed by atoms with Crippen LogP contribution in [0.1, 0.15) is 60.7 Å². The van der Waals surface area contributed by atoms with Gasteiger partial charge in [-0.3, -0.25) is 0 Å². The number of rotatable bonds is 6. The van der Waals surface area contributed by atoms with Crippen molar-refractivity contribution < 1.29 is 19.1 Å². The maximum Gasteiger partial charge on any atom is 0.409 e. The number of nitrogens with zero attached hydrogens (tertiary/aromatic N) is 1. The first kappa shape index (κ1) is 18.6. The first-order valence-corrected chi connectivity index (χ1v) is 9.36. The first-order valence-electron chi connectivity index (χ1n) is 8.54. The van der Waals surface area contributed by atoms with Crippen LogP contribution in [0.5, 0.6) is 0 Å². The molecule has 1 fully saturated rings. The number of carbonyl (C=O) groups is 2. The second-order valence-corrected chi connectivity index (χ2v) is 6.99. The van der Waals surface area contributed by atoms with Crippen LogP contribution in [0.4, 0.5) is 9.80 Å². The van der Waals surface area contributed by atoms with Crippen LogP contribution in [0.15, 0.2) is 6.07 Å². The molecule has 2 N–H and O–H groups in total. The number of ether oxygens (including phenoxy) is 2. The van der Waals surface area contributed by atoms with Crippen LogP contribution in [0.3, 0.4) is 0 Å². The molecule has 1 saturated heterocycles. The third-order valence-electron chi connectivity index (χ3n) is 4.15. The molecule has 0 atom stereocenters. The summed E-state index contributed by atoms with van der Waals surface area (Å²) in [6.07, 6.45) is 3.39. The number of nitrogens with two attached hydrogens (primary N) is 1. The number of esters is 1. The Morgan fingerprint density at radius 3 is 2.62 bits per heavy atom. The quantitative estimate of drug-likeness (QED) is 0.623. The van der Waals surface area contributed by atoms with Crippen molar-refractivity contribution in [2.75, 3.05) is 32.0 Å². The Balaban J connectivity index is 1.89. The van der Waals surface area contributed by atoms with E-state index < -0.39 is 0 Å². The number of hydrogen-bond donors (Lipinski definition) is 1. The number of anilines is 1. The van der Waals surface area contributed by atoms with Crippen LogP contribution in [0, 0.1) is 0 Å². The zero-order chi connectivity index (χ0) is 17.5. The summed E-state index contributed by atoms with van der Waals surface area (Å²) in [6.45, 7) is 6.00. The largest absolute Gasteiger partial charge is 0.462 e. The van der Waals surface area contributed by atoms with Crippen LogP contribution in [0.25, 0.3) is 0 Å². The Labute approximate surface area is 146 Å². The van der Waals surface area contributed by atoms with Gasteiger partial charge in [0.15, 0.2) is 0 Å². The number of unbranched alkanes of at least 4 members (excludes halogenated alkanes) is 1. The Morgan fingerprint density at radius 2 is 2.00 bits per heavy atom. The molecule has 24 heavy (non-hydrogen) atoms. The molecule has 134 valence electrons. The van der Waals surface area contributed by atoms with Crippen LogP contribution < -0.4 is 5.73 Å². The molecule has 0 unspecified atom stereocenters. The SMILES string of the molecule is CCCCOC(=O)N1CCC(c2cc(C(=O)OCC)c(N)s2)CC1. The average molecular weight is 354 g/mol. The summed E-state index contributed by atoms with van der Waals surface area (Å²) in [7, 11) is 0. The maximum absolute atomic E-state index is 12.0. The lowest BCUT2D eigenvalue weighted by Gasteiger charge is -2.30. The van der Waals surface area contributed by atoms with Crippen LogP contribution in [0.2, 0.25) is 0 Å². The van der Waals surface area contributed by atoms with Crippen molar-refractivity contribution in [3.8, 4) is 0 Å². The highest BCUT2D eigenvalue weighted by molar-refractivity contribution is 7.16. The van der Waals surface area contributed by atoms with Gasteiger partial charge in [-0.2, -0.15) is 0 Å². The van der Waals surface area contributed by atoms with Gasteiger partial charge in [0.05, 0.1) is 18.8 Å². The summed E-state index contributed by atoms with van der Waals surface area (Å²) in [4.78, 5) is 26.7. The van der Waals surface area contributed by atoms with Crippen LogP contribution >= 0.6 is 11.3 Å². The molecule has 1 amide bonds. The van der Waals surface area contributed by atoms with Crippen molar-refractivity contribution in [2.24, 2.45) is 0 Å². The van der Waals surface area contributed by atoms with E-state index in [0.29, 0.717) is 42.8 Å². The van der Waals surface area contributed by atoms with Gasteiger partial charge in [0.25, 0.3) is 0 Å². The van der Waals surface area contributed by atoms with E-state index >= 15 is 0 Å². The Bertz CT molecular complexity index is 565. The zero-order valence-corrected chi connectivity index (χ0v) is 15.2. The topological polar surface area (TPSA) is 81.9 Å². The van der Waals surface area contributed by atoms with Gasteiger partial charge in [-0.05, 0) is 38.2 Å². The van der Waals surface area contributed by atoms with Crippen molar-refractivity contribution in [2.45, 2.75) is 45.4 Å². The van der Waals surface area contributed by atoms with Gasteiger partial charge in [-0.1, -0.05) is 13.3 Å². The Morgan fingerprint density at radius 1 is 1.29 bits per heavy atom. The van der Waals surface area contributed by atoms with E-state index in [4.69, 9.17) is 15.2 Å². The molecule has 6 nitrogen and oxygen atoms in total. The molecular formula is C17H26N2O4S. The monoisotopic (exact) mass is 354 g/mol. The highest BCUT2D eigenvalue weighted by Gasteiger charge is 2.27. The minimum absolute atomic E-state index is 0.222. The molecule has 0 aliphatic carbocycles. The zero-order valence-electron chi connectivity index (χ0n) is 14.4. The van der Waals surface area contributed by atoms with Gasteiger partial charge < -0.3 is 20.1 Å². The van der Waals surface area contributed by atoms with Gasteiger partial charge in [0.1, 0.15) is 5.00 Å². The minimum atomic E-state index is -0.366. The molecule has 0 bridgehead atoms. The predicted octanol–water partition coefficient (Wildman–Crippen LogP) is 3.62. The fraction of sp³-hybridized carbons (Fsp3) is 0.647. The molecule has 0 saturated carbocycles. The third kappa shape index (κ3) is 4.63. The standard InChI is InChI=1S/C17H26N2O4S/c1-3-5-10-23-17(21)19-8-6-12(7-9-19)14-11-13(15(18)24-14)16(20)22-4-2/h11-12H,3-10,18H2,1-2H3. The molecule has 1 aromatic rings. The summed E-state index contributed by atoms with van der Waals surface area (Å²) in [5.74, 6) is -0.0467. The molecule has 1 aromatic heterocycles. The second-order valence-electron chi connectivity index (χ2n) is 5.88. The van der Waals surface area contributed by atoms with E-state index in [1.165, 1.54) is 11.3 Å². The molecule has 0 radical (unpaired) electrons. The summed E-state index contributed by atoms with van der Waals surface area (Å²) in [6, 6.07) is 1.85. The molecule has 0 spiro atoms. The van der Waals surface area contributed by atoms with Crippen molar-refractivity contribution in [1.82, 2.24) is 4.90 Å². The fourth-order valence-corrected chi connectivity index (χ4v) is 3.82. The van der Waals surface area contributed by atoms with Crippen molar-refractivity contribution >= 4 is 28.4 Å². The van der Waals surface area contributed by atoms with Gasteiger partial charge in [-0.15, -0.1) is 11.3 Å². The van der Waals surface area contributed by atoms with Crippen molar-refractivity contribution in [3.63, 3.8) is 0 Å². The summed E-state index contributed by atoms with van der Waals surface area (Å²) in [5, 5.41) is 0.504. The van der Waals surface area contributed by atoms with Crippen molar-refractivity contribution in [3.05, 3.63) is 16.5 Å². The number of likely N-dealkylation sites (tertiary alicyclic amines) is 1. The number of hydrogen-bond acceptors (Lipinski definition) is 6. The molecule has 1 aliphatic rings. The van der Waals surface area contributed by atoms with E-state index in [1.807, 2.05) is 6.07 Å². The first-order chi connectivity index (χ1) is 11.6. The molecule has 0 aromatic carbocycles. The summed E-state index contributed by atoms with van der Waals surface area (Å²) < 4.78 is 10.3. The lowest BCUT2D eigenvalue weighted by Crippen LogP contribution is -2.38. The number of amides is 1. The fourth-order valence-electron chi connectivity index (χ4n) is 2.74. The molecule has 7 heteroatoms. The maximum atomic E-state index is 12.0. The lowest BCUT2D eigenvalue weighted by molar-refractivity contribution is 0.0528. The normalized spacial score (nSPS) is 15.3. The average Bonchev–Trinajstić information content (AvgIpc) is 2.97. The van der Waals surface area contributed by atoms with E-state index in [2.05, 4.69) is 6.92 Å². The molecule has 1 aliphatic heterocycles. The number of thiophene rings is 1. The van der Waals surface area contributed by atoms with Crippen molar-refractivity contribution in [1.29, 1.82) is 0 Å². The number of carbonyl (C=O) groups excluding carboxylic acids is 2.